The third kappa shape index (κ3) is 6.90. The largest absolute Gasteiger partial charge is 0.248 e. The summed E-state index contributed by atoms with van der Waals surface area (Å²) in [6.45, 7) is 0. The molecule has 64 heavy (non-hydrogen) atoms. The number of benzene rings is 10. The van der Waals surface area contributed by atoms with Gasteiger partial charge in [0.05, 0.1) is 11.2 Å². The first-order valence-corrected chi connectivity index (χ1v) is 22.0. The highest BCUT2D eigenvalue weighted by molar-refractivity contribution is 6.15. The first kappa shape index (κ1) is 37.4. The van der Waals surface area contributed by atoms with Crippen LogP contribution in [-0.4, -0.2) is 4.98 Å². The van der Waals surface area contributed by atoms with E-state index in [0.29, 0.717) is 0 Å². The maximum Gasteiger partial charge on any atom is 0.0722 e. The maximum atomic E-state index is 5.31. The molecule has 298 valence electrons. The van der Waals surface area contributed by atoms with Crippen LogP contribution in [0.3, 0.4) is 0 Å². The van der Waals surface area contributed by atoms with Crippen molar-refractivity contribution in [2.45, 2.75) is 0 Å². The van der Waals surface area contributed by atoms with Crippen LogP contribution in [0.5, 0.6) is 0 Å². The molecule has 11 aromatic rings. The van der Waals surface area contributed by atoms with Crippen LogP contribution in [0.15, 0.2) is 249 Å². The van der Waals surface area contributed by atoms with E-state index in [1.807, 2.05) is 0 Å². The van der Waals surface area contributed by atoms with E-state index in [2.05, 4.69) is 249 Å². The molecule has 0 amide bonds. The summed E-state index contributed by atoms with van der Waals surface area (Å²) in [4.78, 5) is 5.31. The predicted molar refractivity (Wildman–Crippen MR) is 270 cm³/mol. The zero-order valence-corrected chi connectivity index (χ0v) is 35.1. The highest BCUT2D eigenvalue weighted by Crippen LogP contribution is 2.48. The van der Waals surface area contributed by atoms with E-state index in [1.54, 1.807) is 0 Å². The Kier molecular flexibility index (Phi) is 9.24. The summed E-state index contributed by atoms with van der Waals surface area (Å²) in [6.07, 6.45) is 0. The number of aromatic nitrogens is 1. The van der Waals surface area contributed by atoms with Crippen LogP contribution in [0.2, 0.25) is 0 Å². The molecule has 10 aromatic carbocycles. The molecule has 1 aliphatic rings. The molecule has 0 atom stereocenters. The Labute approximate surface area is 374 Å². The minimum atomic E-state index is 0.973. The van der Waals surface area contributed by atoms with Crippen LogP contribution in [-0.2, 0) is 0 Å². The Morgan fingerprint density at radius 2 is 0.484 bits per heavy atom. The minimum absolute atomic E-state index is 0.973. The molecule has 0 saturated carbocycles. The Hall–Kier alpha value is -8.39. The van der Waals surface area contributed by atoms with Crippen molar-refractivity contribution in [3.05, 3.63) is 249 Å². The lowest BCUT2D eigenvalue weighted by Gasteiger charge is -2.16. The van der Waals surface area contributed by atoms with E-state index in [4.69, 9.17) is 4.98 Å². The van der Waals surface area contributed by atoms with Crippen LogP contribution in [0.4, 0.5) is 0 Å². The molecule has 0 aliphatic heterocycles. The van der Waals surface area contributed by atoms with E-state index < -0.39 is 0 Å². The van der Waals surface area contributed by atoms with E-state index >= 15 is 0 Å². The van der Waals surface area contributed by atoms with Gasteiger partial charge in [-0.3, -0.25) is 0 Å². The topological polar surface area (TPSA) is 12.9 Å². The molecular weight excluding hydrogens is 771 g/mol. The summed E-state index contributed by atoms with van der Waals surface area (Å²) in [5.74, 6) is 0. The van der Waals surface area contributed by atoms with Gasteiger partial charge in [-0.05, 0) is 173 Å². The van der Waals surface area contributed by atoms with Crippen LogP contribution >= 0.6 is 0 Å². The SMILES string of the molecule is c1ccc(-c2cc(-c3ccccc3)cc(-c3cc(-c4cc(-c5ccccc5)cc(-c5ccccc5)c4)cc(-c4cccc(-c5cc6c7c(cccc7n5)-c5ccccc5-6)c4)c3)c2)cc1. The average molecular weight is 812 g/mol. The summed E-state index contributed by atoms with van der Waals surface area (Å²) in [7, 11) is 0. The Balaban J connectivity index is 1.07. The fourth-order valence-corrected chi connectivity index (χ4v) is 9.59. The van der Waals surface area contributed by atoms with Gasteiger partial charge in [-0.1, -0.05) is 176 Å². The van der Waals surface area contributed by atoms with Crippen molar-refractivity contribution in [3.8, 4) is 111 Å². The van der Waals surface area contributed by atoms with E-state index in [-0.39, 0.29) is 0 Å². The summed E-state index contributed by atoms with van der Waals surface area (Å²) >= 11 is 0. The molecule has 0 saturated heterocycles. The highest BCUT2D eigenvalue weighted by Gasteiger charge is 2.23. The molecule has 0 unspecified atom stereocenters. The van der Waals surface area contributed by atoms with Gasteiger partial charge in [0, 0.05) is 10.9 Å². The zero-order chi connectivity index (χ0) is 42.4. The molecule has 1 aromatic heterocycles. The molecule has 0 fully saturated rings. The number of hydrogen-bond acceptors (Lipinski definition) is 1. The van der Waals surface area contributed by atoms with Gasteiger partial charge in [0.15, 0.2) is 0 Å². The second kappa shape index (κ2) is 15.8. The molecule has 0 bridgehead atoms. The van der Waals surface area contributed by atoms with Gasteiger partial charge in [0.2, 0.25) is 0 Å². The smallest absolute Gasteiger partial charge is 0.0722 e. The van der Waals surface area contributed by atoms with Crippen LogP contribution in [0, 0.1) is 0 Å². The number of fused-ring (bicyclic) bond motifs is 3. The number of pyridine rings is 1. The van der Waals surface area contributed by atoms with Crippen molar-refractivity contribution in [3.63, 3.8) is 0 Å². The first-order valence-electron chi connectivity index (χ1n) is 22.0. The van der Waals surface area contributed by atoms with Gasteiger partial charge < -0.3 is 0 Å². The van der Waals surface area contributed by atoms with Gasteiger partial charge in [0.1, 0.15) is 0 Å². The summed E-state index contributed by atoms with van der Waals surface area (Å²) < 4.78 is 0. The molecule has 0 spiro atoms. The van der Waals surface area contributed by atoms with Crippen molar-refractivity contribution < 1.29 is 0 Å². The molecule has 1 aliphatic carbocycles. The van der Waals surface area contributed by atoms with Gasteiger partial charge in [-0.25, -0.2) is 4.98 Å². The third-order valence-electron chi connectivity index (χ3n) is 12.7. The van der Waals surface area contributed by atoms with Crippen LogP contribution in [0.1, 0.15) is 0 Å². The van der Waals surface area contributed by atoms with Crippen molar-refractivity contribution in [1.29, 1.82) is 0 Å². The second-order valence-electron chi connectivity index (χ2n) is 16.7. The Bertz CT molecular complexity index is 3260. The van der Waals surface area contributed by atoms with Crippen LogP contribution < -0.4 is 0 Å². The molecular formula is C63H41N. The normalized spacial score (nSPS) is 11.4. The van der Waals surface area contributed by atoms with Crippen molar-refractivity contribution in [2.24, 2.45) is 0 Å². The third-order valence-corrected chi connectivity index (χ3v) is 12.7. The van der Waals surface area contributed by atoms with Gasteiger partial charge in [-0.2, -0.15) is 0 Å². The van der Waals surface area contributed by atoms with Gasteiger partial charge in [0.25, 0.3) is 0 Å². The maximum absolute atomic E-state index is 5.31. The van der Waals surface area contributed by atoms with Crippen molar-refractivity contribution in [1.82, 2.24) is 4.98 Å². The molecule has 1 heterocycles. The summed E-state index contributed by atoms with van der Waals surface area (Å²) in [5.41, 5.74) is 24.6. The lowest BCUT2D eigenvalue weighted by Crippen LogP contribution is -1.91. The van der Waals surface area contributed by atoms with E-state index in [0.717, 1.165) is 50.2 Å². The van der Waals surface area contributed by atoms with Gasteiger partial charge in [-0.15, -0.1) is 0 Å². The average Bonchev–Trinajstić information content (AvgIpc) is 3.71. The fraction of sp³-hybridized carbons (Fsp3) is 0. The number of nitrogens with zero attached hydrogens (tertiary/aromatic N) is 1. The second-order valence-corrected chi connectivity index (χ2v) is 16.7. The quantitative estimate of drug-likeness (QED) is 0.149. The lowest BCUT2D eigenvalue weighted by atomic mass is 9.88. The van der Waals surface area contributed by atoms with Gasteiger partial charge >= 0.3 is 0 Å². The Morgan fingerprint density at radius 1 is 0.188 bits per heavy atom. The predicted octanol–water partition coefficient (Wildman–Crippen LogP) is 17.2. The molecule has 0 N–H and O–H groups in total. The standard InChI is InChI=1S/C63H41N/c1-5-17-42(18-6-1)48-32-49(43-19-7-2-8-20-43)35-53(34-48)55-38-52(39-56(40-55)54-36-50(44-21-9-3-10-22-44)33-51(37-54)45-23-11-4-12-24-45)46-25-15-26-47(31-46)62-41-60-58-28-14-13-27-57(58)59-29-16-30-61(64-62)63(59)60/h1-41H. The monoisotopic (exact) mass is 811 g/mol. The number of rotatable bonds is 8. The fourth-order valence-electron chi connectivity index (χ4n) is 9.59. The number of hydrogen-bond donors (Lipinski definition) is 0. The molecule has 1 nitrogen and oxygen atoms in total. The summed E-state index contributed by atoms with van der Waals surface area (Å²) in [5, 5.41) is 1.24. The lowest BCUT2D eigenvalue weighted by molar-refractivity contribution is 1.40. The molecule has 0 radical (unpaired) electrons. The van der Waals surface area contributed by atoms with E-state index in [9.17, 15) is 0 Å². The van der Waals surface area contributed by atoms with Crippen molar-refractivity contribution in [2.75, 3.05) is 0 Å². The van der Waals surface area contributed by atoms with Crippen molar-refractivity contribution >= 4 is 10.9 Å². The zero-order valence-electron chi connectivity index (χ0n) is 35.1. The van der Waals surface area contributed by atoms with Crippen LogP contribution in [0.25, 0.3) is 122 Å². The van der Waals surface area contributed by atoms with E-state index in [1.165, 1.54) is 72.1 Å². The molecule has 12 rings (SSSR count). The first-order chi connectivity index (χ1) is 31.7. The highest BCUT2D eigenvalue weighted by atomic mass is 14.7. The minimum Gasteiger partial charge on any atom is -0.248 e. The summed E-state index contributed by atoms with van der Waals surface area (Å²) in [6, 6.07) is 90.6. The molecule has 1 heteroatoms. The Morgan fingerprint density at radius 3 is 0.922 bits per heavy atom.